The highest BCUT2D eigenvalue weighted by Gasteiger charge is 2.15. The Morgan fingerprint density at radius 2 is 2.11 bits per heavy atom. The summed E-state index contributed by atoms with van der Waals surface area (Å²) in [7, 11) is 0. The van der Waals surface area contributed by atoms with Gasteiger partial charge in [0.2, 0.25) is 0 Å². The van der Waals surface area contributed by atoms with Gasteiger partial charge in [-0.05, 0) is 64.0 Å². The Labute approximate surface area is 121 Å². The lowest BCUT2D eigenvalue weighted by Gasteiger charge is -2.18. The van der Waals surface area contributed by atoms with Gasteiger partial charge in [0, 0.05) is 28.3 Å². The van der Waals surface area contributed by atoms with Gasteiger partial charge in [0.1, 0.15) is 0 Å². The van der Waals surface area contributed by atoms with Crippen LogP contribution >= 0.6 is 27.3 Å². The average molecular weight is 325 g/mol. The van der Waals surface area contributed by atoms with Crippen molar-refractivity contribution < 1.29 is 0 Å². The maximum absolute atomic E-state index is 4.07. The van der Waals surface area contributed by atoms with Gasteiger partial charge in [-0.25, -0.2) is 0 Å². The molecular formula is C14H17BrN2S. The van der Waals surface area contributed by atoms with E-state index in [1.165, 1.54) is 15.6 Å². The summed E-state index contributed by atoms with van der Waals surface area (Å²) in [5, 5.41) is 7.98. The van der Waals surface area contributed by atoms with E-state index in [-0.39, 0.29) is 0 Å². The highest BCUT2D eigenvalue weighted by molar-refractivity contribution is 9.10. The maximum atomic E-state index is 4.07. The first-order valence-electron chi connectivity index (χ1n) is 6.15. The van der Waals surface area contributed by atoms with Crippen molar-refractivity contribution in [3.8, 4) is 0 Å². The van der Waals surface area contributed by atoms with Gasteiger partial charge in [-0.1, -0.05) is 6.92 Å². The van der Waals surface area contributed by atoms with E-state index in [4.69, 9.17) is 0 Å². The van der Waals surface area contributed by atoms with Crippen LogP contribution in [0.3, 0.4) is 0 Å². The summed E-state index contributed by atoms with van der Waals surface area (Å²) in [5.41, 5.74) is 2.67. The van der Waals surface area contributed by atoms with Crippen molar-refractivity contribution in [3.05, 3.63) is 50.9 Å². The molecule has 0 aliphatic rings. The van der Waals surface area contributed by atoms with Crippen LogP contribution in [0, 0.1) is 0 Å². The summed E-state index contributed by atoms with van der Waals surface area (Å²) < 4.78 is 1.20. The largest absolute Gasteiger partial charge is 0.310 e. The van der Waals surface area contributed by atoms with Crippen molar-refractivity contribution in [2.24, 2.45) is 0 Å². The molecule has 0 aromatic carbocycles. The molecule has 0 spiro atoms. The van der Waals surface area contributed by atoms with Gasteiger partial charge < -0.3 is 5.32 Å². The summed E-state index contributed by atoms with van der Waals surface area (Å²) in [6, 6.07) is 4.54. The smallest absolute Gasteiger partial charge is 0.0380 e. The Morgan fingerprint density at radius 3 is 2.72 bits per heavy atom. The van der Waals surface area contributed by atoms with Crippen LogP contribution in [0.25, 0.3) is 0 Å². The number of hydrogen-bond acceptors (Lipinski definition) is 3. The average Bonchev–Trinajstić information content (AvgIpc) is 2.82. The SMILES string of the molecule is CCCNC(Cc1ccncc1)c1cscc1Br. The van der Waals surface area contributed by atoms with Crippen molar-refractivity contribution in [2.45, 2.75) is 25.8 Å². The van der Waals surface area contributed by atoms with E-state index in [1.54, 1.807) is 11.3 Å². The Morgan fingerprint density at radius 1 is 1.33 bits per heavy atom. The third-order valence-corrected chi connectivity index (χ3v) is 4.60. The van der Waals surface area contributed by atoms with E-state index < -0.39 is 0 Å². The standard InChI is InChI=1S/C14H17BrN2S/c1-2-5-17-14(12-9-18-10-13(12)15)8-11-3-6-16-7-4-11/h3-4,6-7,9-10,14,17H,2,5,8H2,1H3. The molecule has 0 saturated carbocycles. The fraction of sp³-hybridized carbons (Fsp3) is 0.357. The summed E-state index contributed by atoms with van der Waals surface area (Å²) in [4.78, 5) is 4.07. The number of nitrogens with one attached hydrogen (secondary N) is 1. The predicted molar refractivity (Wildman–Crippen MR) is 81.0 cm³/mol. The number of nitrogens with zero attached hydrogens (tertiary/aromatic N) is 1. The molecule has 0 saturated heterocycles. The lowest BCUT2D eigenvalue weighted by Crippen LogP contribution is -2.24. The molecular weight excluding hydrogens is 308 g/mol. The van der Waals surface area contributed by atoms with Crippen molar-refractivity contribution in [3.63, 3.8) is 0 Å². The van der Waals surface area contributed by atoms with Gasteiger partial charge in [0.15, 0.2) is 0 Å². The molecule has 0 aliphatic carbocycles. The molecule has 0 fully saturated rings. The molecule has 96 valence electrons. The zero-order chi connectivity index (χ0) is 12.8. The molecule has 2 heterocycles. The van der Waals surface area contributed by atoms with Crippen LogP contribution in [0.2, 0.25) is 0 Å². The summed E-state index contributed by atoms with van der Waals surface area (Å²) in [6.45, 7) is 3.23. The first kappa shape index (κ1) is 13.7. The predicted octanol–water partition coefficient (Wildman–Crippen LogP) is 4.19. The summed E-state index contributed by atoms with van der Waals surface area (Å²) in [6.07, 6.45) is 5.86. The first-order chi connectivity index (χ1) is 8.81. The van der Waals surface area contributed by atoms with Gasteiger partial charge in [-0.3, -0.25) is 4.98 Å². The van der Waals surface area contributed by atoms with Crippen LogP contribution in [-0.4, -0.2) is 11.5 Å². The van der Waals surface area contributed by atoms with Crippen LogP contribution in [-0.2, 0) is 6.42 Å². The van der Waals surface area contributed by atoms with E-state index in [1.807, 2.05) is 12.4 Å². The fourth-order valence-corrected chi connectivity index (χ4v) is 3.53. The van der Waals surface area contributed by atoms with Crippen molar-refractivity contribution >= 4 is 27.3 Å². The van der Waals surface area contributed by atoms with Crippen LogP contribution < -0.4 is 5.32 Å². The van der Waals surface area contributed by atoms with E-state index in [9.17, 15) is 0 Å². The normalized spacial score (nSPS) is 12.6. The molecule has 0 bridgehead atoms. The number of pyridine rings is 1. The van der Waals surface area contributed by atoms with Gasteiger partial charge in [-0.2, -0.15) is 11.3 Å². The van der Waals surface area contributed by atoms with Gasteiger partial charge in [0.25, 0.3) is 0 Å². The Kier molecular flexibility index (Phi) is 5.35. The number of halogens is 1. The van der Waals surface area contributed by atoms with Gasteiger partial charge in [-0.15, -0.1) is 0 Å². The first-order valence-corrected chi connectivity index (χ1v) is 7.88. The molecule has 18 heavy (non-hydrogen) atoms. The molecule has 1 N–H and O–H groups in total. The molecule has 0 amide bonds. The summed E-state index contributed by atoms with van der Waals surface area (Å²) in [5.74, 6) is 0. The molecule has 2 nitrogen and oxygen atoms in total. The van der Waals surface area contributed by atoms with Crippen molar-refractivity contribution in [2.75, 3.05) is 6.54 Å². The second kappa shape index (κ2) is 7.02. The highest BCUT2D eigenvalue weighted by Crippen LogP contribution is 2.29. The lowest BCUT2D eigenvalue weighted by molar-refractivity contribution is 0.529. The molecule has 0 radical (unpaired) electrons. The minimum absolute atomic E-state index is 0.368. The molecule has 1 atom stereocenters. The molecule has 2 aromatic rings. The maximum Gasteiger partial charge on any atom is 0.0380 e. The molecule has 2 aromatic heterocycles. The van der Waals surface area contributed by atoms with Gasteiger partial charge in [0.05, 0.1) is 0 Å². The molecule has 0 aliphatic heterocycles. The molecule has 2 rings (SSSR count). The van der Waals surface area contributed by atoms with E-state index in [2.05, 4.69) is 56.0 Å². The quantitative estimate of drug-likeness (QED) is 0.861. The molecule has 1 unspecified atom stereocenters. The number of rotatable bonds is 6. The molecule has 4 heteroatoms. The lowest BCUT2D eigenvalue weighted by atomic mass is 10.0. The number of thiophene rings is 1. The summed E-state index contributed by atoms with van der Waals surface area (Å²) >= 11 is 5.37. The Hall–Kier alpha value is -0.710. The number of hydrogen-bond donors (Lipinski definition) is 1. The Balaban J connectivity index is 2.13. The highest BCUT2D eigenvalue weighted by atomic mass is 79.9. The second-order valence-electron chi connectivity index (χ2n) is 4.24. The monoisotopic (exact) mass is 324 g/mol. The van der Waals surface area contributed by atoms with Crippen molar-refractivity contribution in [1.82, 2.24) is 10.3 Å². The van der Waals surface area contributed by atoms with E-state index >= 15 is 0 Å². The van der Waals surface area contributed by atoms with Crippen LogP contribution in [0.15, 0.2) is 39.8 Å². The zero-order valence-electron chi connectivity index (χ0n) is 10.4. The topological polar surface area (TPSA) is 24.9 Å². The fourth-order valence-electron chi connectivity index (χ4n) is 1.91. The third kappa shape index (κ3) is 3.64. The second-order valence-corrected chi connectivity index (χ2v) is 5.84. The van der Waals surface area contributed by atoms with Crippen LogP contribution in [0.1, 0.15) is 30.5 Å². The number of aromatic nitrogens is 1. The zero-order valence-corrected chi connectivity index (χ0v) is 12.8. The van der Waals surface area contributed by atoms with Crippen molar-refractivity contribution in [1.29, 1.82) is 0 Å². The van der Waals surface area contributed by atoms with E-state index in [0.717, 1.165) is 19.4 Å². The van der Waals surface area contributed by atoms with Crippen LogP contribution in [0.5, 0.6) is 0 Å². The third-order valence-electron chi connectivity index (χ3n) is 2.85. The minimum atomic E-state index is 0.368. The van der Waals surface area contributed by atoms with Crippen LogP contribution in [0.4, 0.5) is 0 Å². The Bertz CT molecular complexity index is 470. The van der Waals surface area contributed by atoms with E-state index in [0.29, 0.717) is 6.04 Å². The minimum Gasteiger partial charge on any atom is -0.310 e. The van der Waals surface area contributed by atoms with Gasteiger partial charge >= 0.3 is 0 Å².